The number of hydrogen-bond acceptors (Lipinski definition) is 4. The van der Waals surface area contributed by atoms with Crippen LogP contribution in [-0.2, 0) is 0 Å². The van der Waals surface area contributed by atoms with Gasteiger partial charge in [-0.3, -0.25) is 10.1 Å². The summed E-state index contributed by atoms with van der Waals surface area (Å²) >= 11 is 0. The second kappa shape index (κ2) is 5.48. The highest BCUT2D eigenvalue weighted by Gasteiger charge is 2.17. The number of carbonyl (C=O) groups excluding carboxylic acids is 1. The predicted octanol–water partition coefficient (Wildman–Crippen LogP) is 2.04. The maximum absolute atomic E-state index is 12.1. The summed E-state index contributed by atoms with van der Waals surface area (Å²) in [5.41, 5.74) is 1.51. The van der Waals surface area contributed by atoms with Gasteiger partial charge >= 0.3 is 5.97 Å². The lowest BCUT2D eigenvalue weighted by Gasteiger charge is -2.07. The third-order valence-electron chi connectivity index (χ3n) is 2.67. The monoisotopic (exact) mass is 271 g/mol. The molecule has 2 rings (SSSR count). The molecular weight excluding hydrogens is 258 g/mol. The summed E-state index contributed by atoms with van der Waals surface area (Å²) < 4.78 is 0. The summed E-state index contributed by atoms with van der Waals surface area (Å²) in [6.45, 7) is 3.53. The number of aromatic carboxylic acids is 1. The SMILES string of the molecule is Cc1ccc(C(=O)Nc2nccc(C)n2)c(C(=O)O)c1. The first kappa shape index (κ1) is 13.7. The average Bonchev–Trinajstić information content (AvgIpc) is 2.38. The second-order valence-corrected chi connectivity index (χ2v) is 4.33. The van der Waals surface area contributed by atoms with E-state index in [4.69, 9.17) is 5.11 Å². The summed E-state index contributed by atoms with van der Waals surface area (Å²) in [5.74, 6) is -1.55. The first-order chi connectivity index (χ1) is 9.47. The Labute approximate surface area is 115 Å². The highest BCUT2D eigenvalue weighted by Crippen LogP contribution is 2.13. The summed E-state index contributed by atoms with van der Waals surface area (Å²) in [6.07, 6.45) is 1.52. The zero-order chi connectivity index (χ0) is 14.7. The molecule has 0 spiro atoms. The van der Waals surface area contributed by atoms with Gasteiger partial charge in [0.1, 0.15) is 0 Å². The molecule has 0 fully saturated rings. The molecule has 20 heavy (non-hydrogen) atoms. The Kier molecular flexibility index (Phi) is 3.74. The van der Waals surface area contributed by atoms with E-state index in [1.165, 1.54) is 18.3 Å². The Balaban J connectivity index is 2.32. The molecule has 0 saturated heterocycles. The lowest BCUT2D eigenvalue weighted by atomic mass is 10.0. The fourth-order valence-corrected chi connectivity index (χ4v) is 1.71. The van der Waals surface area contributed by atoms with Crippen LogP contribution in [0.1, 0.15) is 32.0 Å². The maximum atomic E-state index is 12.1. The van der Waals surface area contributed by atoms with Gasteiger partial charge in [0.05, 0.1) is 11.1 Å². The van der Waals surface area contributed by atoms with Gasteiger partial charge in [0.15, 0.2) is 0 Å². The number of carbonyl (C=O) groups is 2. The van der Waals surface area contributed by atoms with Crippen molar-refractivity contribution in [3.05, 3.63) is 52.8 Å². The van der Waals surface area contributed by atoms with Crippen LogP contribution in [0.5, 0.6) is 0 Å². The maximum Gasteiger partial charge on any atom is 0.336 e. The van der Waals surface area contributed by atoms with Crippen molar-refractivity contribution in [2.24, 2.45) is 0 Å². The molecule has 6 heteroatoms. The van der Waals surface area contributed by atoms with Crippen molar-refractivity contribution in [1.29, 1.82) is 0 Å². The number of amides is 1. The molecule has 2 N–H and O–H groups in total. The molecule has 0 atom stereocenters. The molecule has 0 saturated carbocycles. The van der Waals surface area contributed by atoms with Gasteiger partial charge in [-0.2, -0.15) is 0 Å². The third kappa shape index (κ3) is 2.97. The predicted molar refractivity (Wildman–Crippen MR) is 72.9 cm³/mol. The van der Waals surface area contributed by atoms with Gasteiger partial charge in [-0.05, 0) is 32.0 Å². The van der Waals surface area contributed by atoms with Crippen LogP contribution in [0, 0.1) is 13.8 Å². The van der Waals surface area contributed by atoms with Crippen molar-refractivity contribution in [2.75, 3.05) is 5.32 Å². The van der Waals surface area contributed by atoms with E-state index in [0.717, 1.165) is 5.56 Å². The fraction of sp³-hybridized carbons (Fsp3) is 0.143. The minimum absolute atomic E-state index is 0.0462. The Bertz CT molecular complexity index is 683. The minimum Gasteiger partial charge on any atom is -0.478 e. The van der Waals surface area contributed by atoms with Crippen LogP contribution in [-0.4, -0.2) is 27.0 Å². The molecule has 1 aromatic heterocycles. The molecule has 6 nitrogen and oxygen atoms in total. The normalized spacial score (nSPS) is 10.1. The largest absolute Gasteiger partial charge is 0.478 e. The van der Waals surface area contributed by atoms with Crippen molar-refractivity contribution >= 4 is 17.8 Å². The van der Waals surface area contributed by atoms with Crippen LogP contribution >= 0.6 is 0 Å². The number of hydrogen-bond donors (Lipinski definition) is 2. The van der Waals surface area contributed by atoms with Crippen molar-refractivity contribution in [3.63, 3.8) is 0 Å². The highest BCUT2D eigenvalue weighted by atomic mass is 16.4. The summed E-state index contributed by atoms with van der Waals surface area (Å²) in [4.78, 5) is 31.2. The van der Waals surface area contributed by atoms with Crippen molar-refractivity contribution in [1.82, 2.24) is 9.97 Å². The lowest BCUT2D eigenvalue weighted by Crippen LogP contribution is -2.18. The quantitative estimate of drug-likeness (QED) is 0.891. The van der Waals surface area contributed by atoms with Gasteiger partial charge in [-0.1, -0.05) is 11.6 Å². The van der Waals surface area contributed by atoms with E-state index in [9.17, 15) is 9.59 Å². The number of aryl methyl sites for hydroxylation is 2. The van der Waals surface area contributed by atoms with Gasteiger partial charge in [0.2, 0.25) is 5.95 Å². The van der Waals surface area contributed by atoms with Crippen LogP contribution in [0.25, 0.3) is 0 Å². The lowest BCUT2D eigenvalue weighted by molar-refractivity contribution is 0.0692. The zero-order valence-corrected chi connectivity index (χ0v) is 11.0. The number of rotatable bonds is 3. The fourth-order valence-electron chi connectivity index (χ4n) is 1.71. The van der Waals surface area contributed by atoms with Crippen LogP contribution in [0.4, 0.5) is 5.95 Å². The summed E-state index contributed by atoms with van der Waals surface area (Å²) in [6, 6.07) is 6.31. The molecule has 0 unspecified atom stereocenters. The summed E-state index contributed by atoms with van der Waals surface area (Å²) in [5, 5.41) is 11.6. The van der Waals surface area contributed by atoms with Gasteiger partial charge in [-0.25, -0.2) is 14.8 Å². The molecule has 1 heterocycles. The van der Waals surface area contributed by atoms with E-state index in [2.05, 4.69) is 15.3 Å². The molecule has 1 aromatic carbocycles. The Morgan fingerprint density at radius 3 is 2.55 bits per heavy atom. The molecule has 0 bridgehead atoms. The topological polar surface area (TPSA) is 92.2 Å². The molecule has 0 radical (unpaired) electrons. The molecular formula is C14H13N3O3. The Hall–Kier alpha value is -2.76. The molecule has 0 aliphatic carbocycles. The molecule has 0 aliphatic rings. The zero-order valence-electron chi connectivity index (χ0n) is 11.0. The van der Waals surface area contributed by atoms with Crippen LogP contribution in [0.15, 0.2) is 30.5 Å². The van der Waals surface area contributed by atoms with Crippen molar-refractivity contribution < 1.29 is 14.7 Å². The van der Waals surface area contributed by atoms with E-state index >= 15 is 0 Å². The minimum atomic E-state index is -1.15. The first-order valence-corrected chi connectivity index (χ1v) is 5.92. The van der Waals surface area contributed by atoms with Gasteiger partial charge in [-0.15, -0.1) is 0 Å². The number of anilines is 1. The van der Waals surface area contributed by atoms with Crippen LogP contribution < -0.4 is 5.32 Å². The number of nitrogens with zero attached hydrogens (tertiary/aromatic N) is 2. The average molecular weight is 271 g/mol. The number of carboxylic acid groups (broad SMARTS) is 1. The molecule has 1 amide bonds. The van der Waals surface area contributed by atoms with Gasteiger partial charge < -0.3 is 5.11 Å². The van der Waals surface area contributed by atoms with E-state index in [1.807, 2.05) is 0 Å². The number of nitrogens with one attached hydrogen (secondary N) is 1. The van der Waals surface area contributed by atoms with Crippen molar-refractivity contribution in [3.8, 4) is 0 Å². The van der Waals surface area contributed by atoms with E-state index in [1.54, 1.807) is 26.0 Å². The van der Waals surface area contributed by atoms with Crippen LogP contribution in [0.2, 0.25) is 0 Å². The molecule has 2 aromatic rings. The highest BCUT2D eigenvalue weighted by molar-refractivity contribution is 6.10. The van der Waals surface area contributed by atoms with E-state index < -0.39 is 11.9 Å². The first-order valence-electron chi connectivity index (χ1n) is 5.92. The van der Waals surface area contributed by atoms with Gasteiger partial charge in [0, 0.05) is 11.9 Å². The van der Waals surface area contributed by atoms with E-state index in [0.29, 0.717) is 5.69 Å². The summed E-state index contributed by atoms with van der Waals surface area (Å²) in [7, 11) is 0. The Morgan fingerprint density at radius 1 is 1.15 bits per heavy atom. The number of benzene rings is 1. The second-order valence-electron chi connectivity index (χ2n) is 4.33. The Morgan fingerprint density at radius 2 is 1.90 bits per heavy atom. The van der Waals surface area contributed by atoms with Crippen LogP contribution in [0.3, 0.4) is 0 Å². The molecule has 0 aliphatic heterocycles. The van der Waals surface area contributed by atoms with Crippen molar-refractivity contribution in [2.45, 2.75) is 13.8 Å². The van der Waals surface area contributed by atoms with Gasteiger partial charge in [0.25, 0.3) is 5.91 Å². The standard InChI is InChI=1S/C14H13N3O3/c1-8-3-4-10(11(7-8)13(19)20)12(18)17-14-15-6-5-9(2)16-14/h3-7H,1-2H3,(H,19,20)(H,15,16,17,18). The number of carboxylic acids is 1. The smallest absolute Gasteiger partial charge is 0.336 e. The molecule has 102 valence electrons. The van der Waals surface area contributed by atoms with E-state index in [-0.39, 0.29) is 17.1 Å². The third-order valence-corrected chi connectivity index (χ3v) is 2.67. The number of aromatic nitrogens is 2.